The largest absolute Gasteiger partial charge is 0.393 e. The molecular formula is C24H34N6O2. The van der Waals surface area contributed by atoms with Gasteiger partial charge in [0, 0.05) is 48.6 Å². The first kappa shape index (κ1) is 21.4. The average Bonchev–Trinajstić information content (AvgIpc) is 3.16. The predicted octanol–water partition coefficient (Wildman–Crippen LogP) is 3.86. The molecule has 0 radical (unpaired) electrons. The summed E-state index contributed by atoms with van der Waals surface area (Å²) in [4.78, 5) is 4.60. The number of methoxy groups -OCH3 is 1. The van der Waals surface area contributed by atoms with Gasteiger partial charge in [-0.3, -0.25) is 4.68 Å². The van der Waals surface area contributed by atoms with E-state index in [1.54, 1.807) is 7.11 Å². The zero-order valence-corrected chi connectivity index (χ0v) is 19.3. The zero-order valence-electron chi connectivity index (χ0n) is 19.3. The van der Waals surface area contributed by atoms with E-state index in [9.17, 15) is 5.11 Å². The Bertz CT molecular complexity index is 1080. The van der Waals surface area contributed by atoms with Crippen molar-refractivity contribution in [1.29, 1.82) is 0 Å². The first-order chi connectivity index (χ1) is 15.4. The first-order valence-corrected chi connectivity index (χ1v) is 11.8. The van der Waals surface area contributed by atoms with Crippen molar-refractivity contribution >= 4 is 11.5 Å². The van der Waals surface area contributed by atoms with E-state index in [0.717, 1.165) is 48.9 Å². The molecule has 3 aromatic heterocycles. The summed E-state index contributed by atoms with van der Waals surface area (Å²) in [6.45, 7) is 5.93. The average molecular weight is 439 g/mol. The molecule has 0 aromatic carbocycles. The van der Waals surface area contributed by atoms with E-state index in [2.05, 4.69) is 46.2 Å². The van der Waals surface area contributed by atoms with Gasteiger partial charge in [0.2, 0.25) is 5.95 Å². The number of hydrogen-bond donors (Lipinski definition) is 2. The van der Waals surface area contributed by atoms with Crippen molar-refractivity contribution in [2.75, 3.05) is 19.0 Å². The summed E-state index contributed by atoms with van der Waals surface area (Å²) in [6.07, 6.45) is 12.0. The van der Waals surface area contributed by atoms with E-state index in [-0.39, 0.29) is 12.1 Å². The lowest BCUT2D eigenvalue weighted by Gasteiger charge is -2.25. The van der Waals surface area contributed by atoms with Crippen LogP contribution in [0, 0.1) is 5.41 Å². The number of fused-ring (bicyclic) bond motifs is 1. The van der Waals surface area contributed by atoms with Gasteiger partial charge in [-0.1, -0.05) is 6.92 Å². The molecule has 5 rings (SSSR count). The van der Waals surface area contributed by atoms with Crippen molar-refractivity contribution in [3.05, 3.63) is 30.4 Å². The molecule has 3 heterocycles. The van der Waals surface area contributed by atoms with E-state index < -0.39 is 0 Å². The van der Waals surface area contributed by atoms with Crippen LogP contribution in [0.2, 0.25) is 0 Å². The van der Waals surface area contributed by atoms with Crippen molar-refractivity contribution in [3.63, 3.8) is 0 Å². The van der Waals surface area contributed by atoms with Crippen LogP contribution in [0.3, 0.4) is 0 Å². The fourth-order valence-corrected chi connectivity index (χ4v) is 4.84. The molecule has 0 unspecified atom stereocenters. The second kappa shape index (κ2) is 8.48. The molecule has 0 aliphatic heterocycles. The second-order valence-electron chi connectivity index (χ2n) is 10.1. The molecular weight excluding hydrogens is 404 g/mol. The van der Waals surface area contributed by atoms with Crippen LogP contribution in [0.5, 0.6) is 0 Å². The Labute approximate surface area is 189 Å². The van der Waals surface area contributed by atoms with Crippen LogP contribution in [0.25, 0.3) is 16.6 Å². The number of ether oxygens (including phenoxy) is 1. The Hall–Kier alpha value is -2.45. The molecule has 0 spiro atoms. The molecule has 2 saturated carbocycles. The molecule has 2 aliphatic rings. The molecule has 8 heteroatoms. The zero-order chi connectivity index (χ0) is 22.3. The summed E-state index contributed by atoms with van der Waals surface area (Å²) in [6, 6.07) is 2.37. The molecule has 1 atom stereocenters. The first-order valence-electron chi connectivity index (χ1n) is 11.8. The van der Waals surface area contributed by atoms with Gasteiger partial charge in [-0.2, -0.15) is 5.10 Å². The van der Waals surface area contributed by atoms with Crippen LogP contribution in [0.15, 0.2) is 24.7 Å². The Balaban J connectivity index is 1.51. The van der Waals surface area contributed by atoms with Gasteiger partial charge in [0.25, 0.3) is 0 Å². The van der Waals surface area contributed by atoms with Crippen LogP contribution in [0.4, 0.5) is 5.95 Å². The summed E-state index contributed by atoms with van der Waals surface area (Å²) >= 11 is 0. The molecule has 0 saturated heterocycles. The van der Waals surface area contributed by atoms with Crippen molar-refractivity contribution in [2.45, 2.75) is 77.0 Å². The molecule has 2 N–H and O–H groups in total. The molecule has 3 aromatic rings. The van der Waals surface area contributed by atoms with Crippen LogP contribution in [0.1, 0.15) is 64.0 Å². The third-order valence-electron chi connectivity index (χ3n) is 7.04. The number of hydrogen-bond acceptors (Lipinski definition) is 6. The summed E-state index contributed by atoms with van der Waals surface area (Å²) in [5, 5.41) is 22.8. The Morgan fingerprint density at radius 1 is 1.25 bits per heavy atom. The van der Waals surface area contributed by atoms with Gasteiger partial charge in [-0.25, -0.2) is 9.50 Å². The fourth-order valence-electron chi connectivity index (χ4n) is 4.84. The molecule has 32 heavy (non-hydrogen) atoms. The molecule has 2 aliphatic carbocycles. The minimum absolute atomic E-state index is 0.114. The summed E-state index contributed by atoms with van der Waals surface area (Å²) in [5.74, 6) is 0.970. The minimum Gasteiger partial charge on any atom is -0.393 e. The lowest BCUT2D eigenvalue weighted by atomic mass is 9.85. The summed E-state index contributed by atoms with van der Waals surface area (Å²) in [5.41, 5.74) is 4.81. The smallest absolute Gasteiger partial charge is 0.241 e. The number of nitrogens with one attached hydrogen (secondary N) is 1. The number of rotatable bonds is 8. The van der Waals surface area contributed by atoms with E-state index in [1.165, 1.54) is 18.5 Å². The van der Waals surface area contributed by atoms with Crippen LogP contribution < -0.4 is 5.32 Å². The third-order valence-corrected chi connectivity index (χ3v) is 7.04. The van der Waals surface area contributed by atoms with Crippen molar-refractivity contribution in [1.82, 2.24) is 24.4 Å². The van der Waals surface area contributed by atoms with Gasteiger partial charge in [0.05, 0.1) is 30.6 Å². The molecule has 172 valence electrons. The number of aliphatic hydroxyl groups is 1. The molecule has 0 bridgehead atoms. The maximum absolute atomic E-state index is 10.00. The lowest BCUT2D eigenvalue weighted by molar-refractivity contribution is 0.121. The summed E-state index contributed by atoms with van der Waals surface area (Å²) < 4.78 is 9.36. The van der Waals surface area contributed by atoms with E-state index >= 15 is 0 Å². The van der Waals surface area contributed by atoms with Crippen LogP contribution in [-0.4, -0.2) is 55.3 Å². The highest BCUT2D eigenvalue weighted by molar-refractivity contribution is 5.81. The van der Waals surface area contributed by atoms with E-state index in [1.807, 2.05) is 16.9 Å². The van der Waals surface area contributed by atoms with Crippen molar-refractivity contribution in [3.8, 4) is 11.1 Å². The monoisotopic (exact) mass is 438 g/mol. The Kier molecular flexibility index (Phi) is 5.67. The molecule has 8 nitrogen and oxygen atoms in total. The van der Waals surface area contributed by atoms with Crippen molar-refractivity contribution in [2.24, 2.45) is 5.41 Å². The van der Waals surface area contributed by atoms with Gasteiger partial charge in [0.1, 0.15) is 0 Å². The molecule has 0 amide bonds. The van der Waals surface area contributed by atoms with Crippen LogP contribution >= 0.6 is 0 Å². The maximum atomic E-state index is 10.00. The third kappa shape index (κ3) is 4.38. The SMILES string of the molecule is COC[C@H](C)Nc1ncc2c(-c3cnn(CC4(C)CC4)c3)cc(C3CCC(O)CC3)n2n1. The van der Waals surface area contributed by atoms with Gasteiger partial charge in [-0.05, 0) is 56.9 Å². The molecule has 2 fully saturated rings. The van der Waals surface area contributed by atoms with E-state index in [0.29, 0.717) is 23.9 Å². The highest BCUT2D eigenvalue weighted by Crippen LogP contribution is 2.46. The maximum Gasteiger partial charge on any atom is 0.241 e. The summed E-state index contributed by atoms with van der Waals surface area (Å²) in [7, 11) is 1.69. The second-order valence-corrected chi connectivity index (χ2v) is 10.1. The Morgan fingerprint density at radius 3 is 2.75 bits per heavy atom. The topological polar surface area (TPSA) is 89.5 Å². The quantitative estimate of drug-likeness (QED) is 0.555. The highest BCUT2D eigenvalue weighted by atomic mass is 16.5. The number of anilines is 1. The van der Waals surface area contributed by atoms with Gasteiger partial charge in [0.15, 0.2) is 0 Å². The predicted molar refractivity (Wildman–Crippen MR) is 124 cm³/mol. The van der Waals surface area contributed by atoms with Crippen molar-refractivity contribution < 1.29 is 9.84 Å². The number of aromatic nitrogens is 5. The number of aliphatic hydroxyl groups excluding tert-OH is 1. The van der Waals surface area contributed by atoms with Crippen LogP contribution in [-0.2, 0) is 11.3 Å². The standard InChI is InChI=1S/C24H34N6O2/c1-16(14-32-3)27-23-25-12-22-20(18-11-26-29(13-18)15-24(2)8-9-24)10-21(30(22)28-23)17-4-6-19(31)7-5-17/h10-13,16-17,19,31H,4-9,14-15H2,1-3H3,(H,27,28)/t16-,17?,19?/m0/s1. The fraction of sp³-hybridized carbons (Fsp3) is 0.625. The lowest BCUT2D eigenvalue weighted by Crippen LogP contribution is -2.23. The number of nitrogens with zero attached hydrogens (tertiary/aromatic N) is 5. The normalized spacial score (nSPS) is 23.4. The Morgan fingerprint density at radius 2 is 2.03 bits per heavy atom. The van der Waals surface area contributed by atoms with Gasteiger partial charge in [-0.15, -0.1) is 5.10 Å². The minimum atomic E-state index is -0.180. The van der Waals surface area contributed by atoms with Gasteiger partial charge < -0.3 is 15.2 Å². The van der Waals surface area contributed by atoms with E-state index in [4.69, 9.17) is 9.84 Å². The van der Waals surface area contributed by atoms with Gasteiger partial charge >= 0.3 is 0 Å². The highest BCUT2D eigenvalue weighted by Gasteiger charge is 2.37.